The highest BCUT2D eigenvalue weighted by Crippen LogP contribution is 2.65. The Morgan fingerprint density at radius 1 is 1.26 bits per heavy atom. The Bertz CT molecular complexity index is 492. The van der Waals surface area contributed by atoms with Crippen LogP contribution in [-0.2, 0) is 19.1 Å². The Balaban J connectivity index is 3.20. The van der Waals surface area contributed by atoms with E-state index >= 15 is 0 Å². The van der Waals surface area contributed by atoms with Gasteiger partial charge in [0.2, 0.25) is 5.91 Å². The zero-order chi connectivity index (χ0) is 18.2. The fourth-order valence-corrected chi connectivity index (χ4v) is 3.52. The molecule has 0 radical (unpaired) electrons. The molecule has 2 atom stereocenters. The summed E-state index contributed by atoms with van der Waals surface area (Å²) in [4.78, 5) is 37.0. The van der Waals surface area contributed by atoms with Crippen molar-refractivity contribution in [3.63, 3.8) is 0 Å². The SMILES string of the molecule is COC(=O)[C@@H](CS)N(C(=O)[C@@H](N)CC(=O)O)C1C(C)(C)C1(C)C. The molecule has 7 nitrogen and oxygen atoms in total. The fraction of sp³-hybridized carbons (Fsp3) is 0.800. The Hall–Kier alpha value is -1.28. The van der Waals surface area contributed by atoms with Crippen molar-refractivity contribution in [2.24, 2.45) is 16.6 Å². The number of carbonyl (C=O) groups is 3. The predicted octanol–water partition coefficient (Wildman–Crippen LogP) is 0.523. The number of carbonyl (C=O) groups excluding carboxylic acids is 2. The van der Waals surface area contributed by atoms with Gasteiger partial charge < -0.3 is 20.5 Å². The second kappa shape index (κ2) is 6.68. The van der Waals surface area contributed by atoms with Gasteiger partial charge in [-0.1, -0.05) is 27.7 Å². The number of carboxylic acid groups (broad SMARTS) is 1. The smallest absolute Gasteiger partial charge is 0.329 e. The number of methoxy groups -OCH3 is 1. The van der Waals surface area contributed by atoms with Gasteiger partial charge in [0.05, 0.1) is 19.6 Å². The highest BCUT2D eigenvalue weighted by Gasteiger charge is 2.69. The molecule has 0 heterocycles. The van der Waals surface area contributed by atoms with Crippen molar-refractivity contribution in [2.75, 3.05) is 12.9 Å². The summed E-state index contributed by atoms with van der Waals surface area (Å²) in [5.74, 6) is -2.25. The number of esters is 1. The Morgan fingerprint density at radius 3 is 2.04 bits per heavy atom. The van der Waals surface area contributed by atoms with Crippen LogP contribution in [0.3, 0.4) is 0 Å². The van der Waals surface area contributed by atoms with Crippen LogP contribution in [0.5, 0.6) is 0 Å². The first kappa shape index (κ1) is 19.8. The van der Waals surface area contributed by atoms with Gasteiger partial charge in [0.15, 0.2) is 0 Å². The molecule has 1 aliphatic rings. The number of hydrogen-bond acceptors (Lipinski definition) is 6. The van der Waals surface area contributed by atoms with Gasteiger partial charge in [-0.25, -0.2) is 4.79 Å². The normalized spacial score (nSPS) is 21.2. The van der Waals surface area contributed by atoms with E-state index in [0.29, 0.717) is 0 Å². The van der Waals surface area contributed by atoms with Crippen molar-refractivity contribution < 1.29 is 24.2 Å². The van der Waals surface area contributed by atoms with Gasteiger partial charge in [0.25, 0.3) is 0 Å². The van der Waals surface area contributed by atoms with E-state index in [4.69, 9.17) is 15.6 Å². The monoisotopic (exact) mass is 346 g/mol. The van der Waals surface area contributed by atoms with Crippen LogP contribution in [0.15, 0.2) is 0 Å². The van der Waals surface area contributed by atoms with Crippen LogP contribution in [-0.4, -0.2) is 58.8 Å². The van der Waals surface area contributed by atoms with E-state index in [1.165, 1.54) is 12.0 Å². The lowest BCUT2D eigenvalue weighted by Crippen LogP contribution is -2.55. The second-order valence-electron chi connectivity index (χ2n) is 7.02. The molecule has 1 rings (SSSR count). The Morgan fingerprint density at radius 2 is 1.74 bits per heavy atom. The van der Waals surface area contributed by atoms with Crippen molar-refractivity contribution >= 4 is 30.5 Å². The first-order chi connectivity index (χ1) is 10.4. The average molecular weight is 346 g/mol. The van der Waals surface area contributed by atoms with Crippen LogP contribution in [0.25, 0.3) is 0 Å². The number of thiol groups is 1. The number of hydrogen-bond donors (Lipinski definition) is 3. The quantitative estimate of drug-likeness (QED) is 0.458. The minimum absolute atomic E-state index is 0.0703. The molecular weight excluding hydrogens is 320 g/mol. The maximum Gasteiger partial charge on any atom is 0.329 e. The summed E-state index contributed by atoms with van der Waals surface area (Å²) >= 11 is 4.17. The summed E-state index contributed by atoms with van der Waals surface area (Å²) in [6, 6.07) is -2.37. The van der Waals surface area contributed by atoms with E-state index in [1.54, 1.807) is 0 Å². The van der Waals surface area contributed by atoms with Crippen LogP contribution in [0.2, 0.25) is 0 Å². The van der Waals surface area contributed by atoms with Crippen LogP contribution in [0, 0.1) is 10.8 Å². The molecule has 0 aromatic rings. The summed E-state index contributed by atoms with van der Waals surface area (Å²) in [6.07, 6.45) is -0.497. The molecule has 1 aliphatic carbocycles. The lowest BCUT2D eigenvalue weighted by Gasteiger charge is -2.33. The zero-order valence-electron chi connectivity index (χ0n) is 14.2. The van der Waals surface area contributed by atoms with Crippen molar-refractivity contribution in [1.82, 2.24) is 4.90 Å². The van der Waals surface area contributed by atoms with Crippen LogP contribution >= 0.6 is 12.6 Å². The molecule has 0 unspecified atom stereocenters. The molecule has 0 saturated heterocycles. The summed E-state index contributed by atoms with van der Waals surface area (Å²) in [6.45, 7) is 7.97. The molecule has 0 bridgehead atoms. The molecular formula is C15H26N2O5S. The molecule has 132 valence electrons. The van der Waals surface area contributed by atoms with Crippen LogP contribution in [0.1, 0.15) is 34.1 Å². The summed E-state index contributed by atoms with van der Waals surface area (Å²) in [7, 11) is 1.24. The molecule has 0 spiro atoms. The van der Waals surface area contributed by atoms with Gasteiger partial charge in [-0.3, -0.25) is 9.59 Å². The van der Waals surface area contributed by atoms with Gasteiger partial charge in [-0.15, -0.1) is 0 Å². The second-order valence-corrected chi connectivity index (χ2v) is 7.38. The van der Waals surface area contributed by atoms with Crippen molar-refractivity contribution in [3.8, 4) is 0 Å². The van der Waals surface area contributed by atoms with Crippen molar-refractivity contribution in [1.29, 1.82) is 0 Å². The van der Waals surface area contributed by atoms with Gasteiger partial charge in [0, 0.05) is 11.8 Å². The van der Waals surface area contributed by atoms with E-state index in [-0.39, 0.29) is 22.6 Å². The topological polar surface area (TPSA) is 110 Å². The minimum Gasteiger partial charge on any atom is -0.481 e. The minimum atomic E-state index is -1.22. The molecule has 0 aliphatic heterocycles. The zero-order valence-corrected chi connectivity index (χ0v) is 15.1. The first-order valence-corrected chi connectivity index (χ1v) is 8.05. The number of ether oxygens (including phenoxy) is 1. The van der Waals surface area contributed by atoms with Crippen molar-refractivity contribution in [3.05, 3.63) is 0 Å². The maximum atomic E-state index is 12.8. The summed E-state index contributed by atoms with van der Waals surface area (Å²) in [5.41, 5.74) is 5.28. The van der Waals surface area contributed by atoms with Crippen LogP contribution < -0.4 is 5.73 Å². The van der Waals surface area contributed by atoms with Crippen molar-refractivity contribution in [2.45, 2.75) is 52.2 Å². The molecule has 1 fully saturated rings. The molecule has 8 heteroatoms. The average Bonchev–Trinajstić information content (AvgIpc) is 2.84. The van der Waals surface area contributed by atoms with Gasteiger partial charge in [-0.05, 0) is 10.8 Å². The Labute approximate surface area is 141 Å². The molecule has 0 aromatic carbocycles. The predicted molar refractivity (Wildman–Crippen MR) is 88.1 cm³/mol. The molecule has 23 heavy (non-hydrogen) atoms. The van der Waals surface area contributed by atoms with E-state index in [1.807, 2.05) is 27.7 Å². The molecule has 3 N–H and O–H groups in total. The number of nitrogens with zero attached hydrogens (tertiary/aromatic N) is 1. The highest BCUT2D eigenvalue weighted by atomic mass is 32.1. The van der Waals surface area contributed by atoms with Gasteiger partial charge >= 0.3 is 11.9 Å². The fourth-order valence-electron chi connectivity index (χ4n) is 3.20. The summed E-state index contributed by atoms with van der Waals surface area (Å²) < 4.78 is 4.77. The molecule has 0 aromatic heterocycles. The number of nitrogens with two attached hydrogens (primary N) is 1. The lowest BCUT2D eigenvalue weighted by molar-refractivity contribution is -0.154. The van der Waals surface area contributed by atoms with E-state index < -0.39 is 36.4 Å². The third-order valence-corrected chi connectivity index (χ3v) is 5.52. The van der Waals surface area contributed by atoms with Gasteiger partial charge in [-0.2, -0.15) is 12.6 Å². The highest BCUT2D eigenvalue weighted by molar-refractivity contribution is 7.80. The Kier molecular flexibility index (Phi) is 5.74. The molecule has 1 amide bonds. The number of rotatable bonds is 7. The first-order valence-electron chi connectivity index (χ1n) is 7.41. The largest absolute Gasteiger partial charge is 0.481 e. The standard InChI is InChI=1S/C15H26N2O5S/c1-14(2)13(15(14,3)4)17(9(7-23)12(21)22-5)11(20)8(16)6-10(18)19/h8-9,13,23H,6-7,16H2,1-5H3,(H,18,19)/t8-,9+/m0/s1. The number of amides is 1. The third kappa shape index (κ3) is 3.47. The molecule has 1 saturated carbocycles. The maximum absolute atomic E-state index is 12.8. The van der Waals surface area contributed by atoms with Gasteiger partial charge in [0.1, 0.15) is 6.04 Å². The van der Waals surface area contributed by atoms with E-state index in [9.17, 15) is 14.4 Å². The van der Waals surface area contributed by atoms with Crippen LogP contribution in [0.4, 0.5) is 0 Å². The lowest BCUT2D eigenvalue weighted by atomic mass is 10.0. The number of carboxylic acids is 1. The number of aliphatic carboxylic acids is 1. The van der Waals surface area contributed by atoms with E-state index in [2.05, 4.69) is 12.6 Å². The van der Waals surface area contributed by atoms with E-state index in [0.717, 1.165) is 0 Å². The third-order valence-electron chi connectivity index (χ3n) is 5.17. The summed E-state index contributed by atoms with van der Waals surface area (Å²) in [5, 5.41) is 8.87.